The fourth-order valence-electron chi connectivity index (χ4n) is 1.50. The molecule has 0 amide bonds. The van der Waals surface area contributed by atoms with E-state index < -0.39 is 0 Å². The van der Waals surface area contributed by atoms with Crippen LogP contribution in [-0.4, -0.2) is 22.3 Å². The Bertz CT molecular complexity index is 457. The van der Waals surface area contributed by atoms with Gasteiger partial charge in [-0.15, -0.1) is 0 Å². The summed E-state index contributed by atoms with van der Waals surface area (Å²) >= 11 is 4.91. The molecule has 0 saturated heterocycles. The molecule has 0 radical (unpaired) electrons. The number of nitrogens with one attached hydrogen (secondary N) is 1. The number of aryl methyl sites for hydroxylation is 1. The Hall–Kier alpha value is -1.49. The lowest BCUT2D eigenvalue weighted by Crippen LogP contribution is -2.22. The second-order valence-corrected chi connectivity index (χ2v) is 4.30. The topological polar surface area (TPSA) is 46.5 Å². The predicted octanol–water partition coefficient (Wildman–Crippen LogP) is 1.81. The summed E-state index contributed by atoms with van der Waals surface area (Å²) in [6.07, 6.45) is 2.56. The van der Waals surface area contributed by atoms with Crippen LogP contribution in [0.15, 0.2) is 17.4 Å². The van der Waals surface area contributed by atoms with E-state index in [0.29, 0.717) is 11.6 Å². The summed E-state index contributed by atoms with van der Waals surface area (Å²) in [5.41, 5.74) is 5.58. The number of aromatic nitrogens is 1. The summed E-state index contributed by atoms with van der Waals surface area (Å²) in [5, 5.41) is 4.24. The zero-order chi connectivity index (χ0) is 11.5. The summed E-state index contributed by atoms with van der Waals surface area (Å²) in [4.78, 5) is 4.99. The number of hydrogen-bond donors (Lipinski definition) is 1. The van der Waals surface area contributed by atoms with Gasteiger partial charge in [-0.2, -0.15) is 5.10 Å². The molecule has 16 heavy (non-hydrogen) atoms. The zero-order valence-corrected chi connectivity index (χ0v) is 10.1. The minimum atomic E-state index is 0.634. The first-order chi connectivity index (χ1) is 7.66. The van der Waals surface area contributed by atoms with Crippen molar-refractivity contribution in [3.05, 3.63) is 23.5 Å². The number of hydrogen-bond acceptors (Lipinski definition) is 4. The van der Waals surface area contributed by atoms with Crippen LogP contribution in [0.25, 0.3) is 0 Å². The van der Waals surface area contributed by atoms with Crippen LogP contribution in [0.3, 0.4) is 0 Å². The van der Waals surface area contributed by atoms with E-state index >= 15 is 0 Å². The first kappa shape index (κ1) is 11.0. The van der Waals surface area contributed by atoms with Gasteiger partial charge in [-0.3, -0.25) is 10.4 Å². The molecule has 2 rings (SSSR count). The molecule has 0 aromatic carbocycles. The number of thiocarbonyl (C=S) groups is 1. The number of nitrogens with zero attached hydrogens (tertiary/aromatic N) is 2. The molecule has 0 fully saturated rings. The smallest absolute Gasteiger partial charge is 0.147 e. The summed E-state index contributed by atoms with van der Waals surface area (Å²) in [6.45, 7) is 4.42. The lowest BCUT2D eigenvalue weighted by molar-refractivity contribution is 0.318. The average molecular weight is 235 g/mol. The van der Waals surface area contributed by atoms with Crippen LogP contribution in [-0.2, 0) is 0 Å². The van der Waals surface area contributed by atoms with Crippen molar-refractivity contribution in [2.45, 2.75) is 20.3 Å². The number of hydrazone groups is 1. The van der Waals surface area contributed by atoms with Gasteiger partial charge in [0.25, 0.3) is 0 Å². The van der Waals surface area contributed by atoms with E-state index in [9.17, 15) is 0 Å². The van der Waals surface area contributed by atoms with Gasteiger partial charge in [0.1, 0.15) is 11.4 Å². The van der Waals surface area contributed by atoms with Crippen molar-refractivity contribution in [2.75, 3.05) is 6.61 Å². The van der Waals surface area contributed by atoms with E-state index in [1.807, 2.05) is 19.2 Å². The highest BCUT2D eigenvalue weighted by molar-refractivity contribution is 7.80. The van der Waals surface area contributed by atoms with Crippen molar-refractivity contribution in [2.24, 2.45) is 5.10 Å². The van der Waals surface area contributed by atoms with E-state index in [-0.39, 0.29) is 0 Å². The largest absolute Gasteiger partial charge is 0.491 e. The molecule has 1 aromatic heterocycles. The predicted molar refractivity (Wildman–Crippen MR) is 67.0 cm³/mol. The molecule has 0 bridgehead atoms. The SMILES string of the molecule is CC(=S)N/N=C1/CCOc2cc(C)cnc21. The van der Waals surface area contributed by atoms with Crippen LogP contribution < -0.4 is 10.2 Å². The standard InChI is InChI=1S/C11H13N3OS/c1-7-5-10-11(12-6-7)9(3-4-15-10)14-13-8(2)16/h5-6H,3-4H2,1-2H3,(H,13,16)/b14-9-. The van der Waals surface area contributed by atoms with Gasteiger partial charge in [-0.05, 0) is 25.5 Å². The lowest BCUT2D eigenvalue weighted by atomic mass is 10.1. The Labute approximate surface area is 99.7 Å². The van der Waals surface area contributed by atoms with E-state index in [1.54, 1.807) is 6.92 Å². The molecule has 4 nitrogen and oxygen atoms in total. The monoisotopic (exact) mass is 235 g/mol. The molecule has 1 N–H and O–H groups in total. The molecule has 1 aliphatic rings. The van der Waals surface area contributed by atoms with Crippen molar-refractivity contribution < 1.29 is 4.74 Å². The fourth-order valence-corrected chi connectivity index (χ4v) is 1.55. The molecule has 0 unspecified atom stereocenters. The second kappa shape index (κ2) is 4.57. The Morgan fingerprint density at radius 3 is 3.19 bits per heavy atom. The number of ether oxygens (including phenoxy) is 1. The first-order valence-electron chi connectivity index (χ1n) is 5.10. The molecule has 5 heteroatoms. The van der Waals surface area contributed by atoms with Crippen LogP contribution in [0, 0.1) is 6.92 Å². The normalized spacial score (nSPS) is 16.5. The van der Waals surface area contributed by atoms with E-state index in [1.165, 1.54) is 0 Å². The molecule has 0 atom stereocenters. The van der Waals surface area contributed by atoms with Crippen molar-refractivity contribution in [1.82, 2.24) is 10.4 Å². The van der Waals surface area contributed by atoms with E-state index in [4.69, 9.17) is 17.0 Å². The zero-order valence-electron chi connectivity index (χ0n) is 9.28. The van der Waals surface area contributed by atoms with Crippen molar-refractivity contribution in [1.29, 1.82) is 0 Å². The highest BCUT2D eigenvalue weighted by atomic mass is 32.1. The highest BCUT2D eigenvalue weighted by Gasteiger charge is 2.18. The Morgan fingerprint density at radius 1 is 1.62 bits per heavy atom. The molecule has 1 aromatic rings. The van der Waals surface area contributed by atoms with Crippen LogP contribution in [0.2, 0.25) is 0 Å². The fraction of sp³-hybridized carbons (Fsp3) is 0.364. The van der Waals surface area contributed by atoms with Crippen LogP contribution >= 0.6 is 12.2 Å². The Kier molecular flexibility index (Phi) is 3.14. The first-order valence-corrected chi connectivity index (χ1v) is 5.50. The highest BCUT2D eigenvalue weighted by Crippen LogP contribution is 2.23. The van der Waals surface area contributed by atoms with Gasteiger partial charge in [0.05, 0.1) is 17.3 Å². The number of fused-ring (bicyclic) bond motifs is 1. The van der Waals surface area contributed by atoms with Gasteiger partial charge in [0, 0.05) is 12.6 Å². The lowest BCUT2D eigenvalue weighted by Gasteiger charge is -2.18. The van der Waals surface area contributed by atoms with Crippen LogP contribution in [0.1, 0.15) is 24.6 Å². The molecule has 0 aliphatic carbocycles. The molecular formula is C11H13N3OS. The minimum Gasteiger partial charge on any atom is -0.491 e. The number of pyridine rings is 1. The maximum atomic E-state index is 5.54. The van der Waals surface area contributed by atoms with Gasteiger partial charge in [-0.1, -0.05) is 12.2 Å². The van der Waals surface area contributed by atoms with Gasteiger partial charge in [0.15, 0.2) is 0 Å². The summed E-state index contributed by atoms with van der Waals surface area (Å²) < 4.78 is 5.54. The Balaban J connectivity index is 2.33. The maximum absolute atomic E-state index is 5.54. The maximum Gasteiger partial charge on any atom is 0.147 e. The molecule has 84 valence electrons. The summed E-state index contributed by atoms with van der Waals surface area (Å²) in [6, 6.07) is 1.97. The quantitative estimate of drug-likeness (QED) is 0.595. The third-order valence-electron chi connectivity index (χ3n) is 2.21. The van der Waals surface area contributed by atoms with Gasteiger partial charge < -0.3 is 4.74 Å². The second-order valence-electron chi connectivity index (χ2n) is 3.68. The minimum absolute atomic E-state index is 0.634. The summed E-state index contributed by atoms with van der Waals surface area (Å²) in [7, 11) is 0. The molecular weight excluding hydrogens is 222 g/mol. The molecule has 0 saturated carbocycles. The molecule has 1 aliphatic heterocycles. The number of rotatable bonds is 1. The third-order valence-corrected chi connectivity index (χ3v) is 2.30. The van der Waals surface area contributed by atoms with Crippen molar-refractivity contribution >= 4 is 22.9 Å². The van der Waals surface area contributed by atoms with Crippen LogP contribution in [0.4, 0.5) is 0 Å². The summed E-state index contributed by atoms with van der Waals surface area (Å²) in [5.74, 6) is 0.800. The van der Waals surface area contributed by atoms with Crippen molar-refractivity contribution in [3.8, 4) is 5.75 Å². The van der Waals surface area contributed by atoms with E-state index in [0.717, 1.165) is 29.1 Å². The average Bonchev–Trinajstić information content (AvgIpc) is 2.25. The molecule has 0 spiro atoms. The third kappa shape index (κ3) is 2.36. The van der Waals surface area contributed by atoms with E-state index in [2.05, 4.69) is 15.5 Å². The molecule has 2 heterocycles. The van der Waals surface area contributed by atoms with Gasteiger partial charge in [0.2, 0.25) is 0 Å². The van der Waals surface area contributed by atoms with Gasteiger partial charge >= 0.3 is 0 Å². The van der Waals surface area contributed by atoms with Crippen molar-refractivity contribution in [3.63, 3.8) is 0 Å². The van der Waals surface area contributed by atoms with Gasteiger partial charge in [-0.25, -0.2) is 0 Å². The van der Waals surface area contributed by atoms with Crippen LogP contribution in [0.5, 0.6) is 5.75 Å². The Morgan fingerprint density at radius 2 is 2.44 bits per heavy atom.